The fraction of sp³-hybridized carbons (Fsp3) is 0.0909. The summed E-state index contributed by atoms with van der Waals surface area (Å²) < 4.78 is 10.2. The van der Waals surface area contributed by atoms with Crippen LogP contribution in [-0.2, 0) is 4.79 Å². The summed E-state index contributed by atoms with van der Waals surface area (Å²) in [7, 11) is 3.13. The monoisotopic (exact) mass is 408 g/mol. The Morgan fingerprint density at radius 1 is 0.897 bits per heavy atom. The Balaban J connectivity index is 1.79. The molecule has 29 heavy (non-hydrogen) atoms. The van der Waals surface area contributed by atoms with E-state index in [0.29, 0.717) is 22.7 Å². The van der Waals surface area contributed by atoms with Gasteiger partial charge in [0, 0.05) is 16.1 Å². The zero-order valence-corrected chi connectivity index (χ0v) is 16.8. The summed E-state index contributed by atoms with van der Waals surface area (Å²) in [6, 6.07) is 17.3. The van der Waals surface area contributed by atoms with Gasteiger partial charge in [0.25, 0.3) is 11.8 Å². The van der Waals surface area contributed by atoms with E-state index in [2.05, 4.69) is 10.6 Å². The summed E-state index contributed by atoms with van der Waals surface area (Å²) in [6.07, 6.45) is 1.64. The lowest BCUT2D eigenvalue weighted by Gasteiger charge is -2.11. The first-order valence-corrected chi connectivity index (χ1v) is 9.63. The lowest BCUT2D eigenvalue weighted by molar-refractivity contribution is -0.113. The van der Waals surface area contributed by atoms with E-state index < -0.39 is 5.91 Å². The van der Waals surface area contributed by atoms with Gasteiger partial charge in [0.05, 0.1) is 14.2 Å². The van der Waals surface area contributed by atoms with Gasteiger partial charge < -0.3 is 20.1 Å². The van der Waals surface area contributed by atoms with E-state index in [-0.39, 0.29) is 11.6 Å². The highest BCUT2D eigenvalue weighted by Crippen LogP contribution is 2.18. The normalized spacial score (nSPS) is 10.9. The van der Waals surface area contributed by atoms with Crippen LogP contribution in [0, 0.1) is 0 Å². The molecule has 0 unspecified atom stereocenters. The van der Waals surface area contributed by atoms with Crippen molar-refractivity contribution in [1.29, 1.82) is 0 Å². The Bertz CT molecular complexity index is 994. The molecule has 0 aliphatic carbocycles. The predicted octanol–water partition coefficient (Wildman–Crippen LogP) is 4.17. The molecule has 0 aliphatic heterocycles. The molecule has 2 aromatic carbocycles. The Morgan fingerprint density at radius 3 is 2.07 bits per heavy atom. The fourth-order valence-electron chi connectivity index (χ4n) is 2.48. The van der Waals surface area contributed by atoms with Crippen molar-refractivity contribution in [1.82, 2.24) is 5.32 Å². The smallest absolute Gasteiger partial charge is 0.272 e. The number of anilines is 1. The van der Waals surface area contributed by atoms with E-state index in [1.54, 1.807) is 68.8 Å². The van der Waals surface area contributed by atoms with Crippen molar-refractivity contribution in [3.05, 3.63) is 82.2 Å². The minimum Gasteiger partial charge on any atom is -0.497 e. The quantitative estimate of drug-likeness (QED) is 0.575. The Labute approximate surface area is 172 Å². The molecule has 0 atom stereocenters. The first kappa shape index (κ1) is 20.2. The molecular weight excluding hydrogens is 388 g/mol. The first-order valence-electron chi connectivity index (χ1n) is 8.75. The van der Waals surface area contributed by atoms with Gasteiger partial charge in [-0.2, -0.15) is 0 Å². The average molecular weight is 408 g/mol. The standard InChI is InChI=1S/C22H20N2O4S/c1-27-17-9-5-15(6-10-17)21(25)24-20(14-19-4-3-13-29-19)22(26)23-16-7-11-18(28-2)12-8-16/h3-14H,1-2H3,(H,23,26)(H,24,25)/b20-14-. The number of hydrogen-bond acceptors (Lipinski definition) is 5. The molecule has 1 aromatic heterocycles. The molecule has 0 saturated heterocycles. The number of amides is 2. The Hall–Kier alpha value is -3.58. The van der Waals surface area contributed by atoms with Crippen LogP contribution >= 0.6 is 11.3 Å². The van der Waals surface area contributed by atoms with E-state index in [1.807, 2.05) is 17.5 Å². The molecule has 2 N–H and O–H groups in total. The second-order valence-electron chi connectivity index (χ2n) is 5.94. The average Bonchev–Trinajstić information content (AvgIpc) is 3.27. The molecule has 7 heteroatoms. The van der Waals surface area contributed by atoms with Gasteiger partial charge in [0.15, 0.2) is 0 Å². The number of thiophene rings is 1. The molecule has 0 aliphatic rings. The Morgan fingerprint density at radius 2 is 1.52 bits per heavy atom. The zero-order chi connectivity index (χ0) is 20.6. The molecule has 1 heterocycles. The molecule has 3 aromatic rings. The van der Waals surface area contributed by atoms with E-state index >= 15 is 0 Å². The van der Waals surface area contributed by atoms with Crippen molar-refractivity contribution in [2.24, 2.45) is 0 Å². The third-order valence-corrected chi connectivity index (χ3v) is 4.84. The van der Waals surface area contributed by atoms with Gasteiger partial charge >= 0.3 is 0 Å². The molecule has 0 fully saturated rings. The lowest BCUT2D eigenvalue weighted by atomic mass is 10.2. The van der Waals surface area contributed by atoms with Gasteiger partial charge in [0.2, 0.25) is 0 Å². The second kappa shape index (κ2) is 9.57. The number of carbonyl (C=O) groups is 2. The highest BCUT2D eigenvalue weighted by atomic mass is 32.1. The molecule has 0 radical (unpaired) electrons. The SMILES string of the molecule is COc1ccc(NC(=O)/C(=C/c2cccs2)NC(=O)c2ccc(OC)cc2)cc1. The number of rotatable bonds is 7. The van der Waals surface area contributed by atoms with Crippen LogP contribution in [0.3, 0.4) is 0 Å². The zero-order valence-electron chi connectivity index (χ0n) is 16.0. The van der Waals surface area contributed by atoms with Crippen molar-refractivity contribution in [3.8, 4) is 11.5 Å². The van der Waals surface area contributed by atoms with Crippen LogP contribution in [0.15, 0.2) is 71.7 Å². The van der Waals surface area contributed by atoms with E-state index in [9.17, 15) is 9.59 Å². The maximum absolute atomic E-state index is 12.8. The maximum atomic E-state index is 12.8. The van der Waals surface area contributed by atoms with Crippen molar-refractivity contribution in [3.63, 3.8) is 0 Å². The van der Waals surface area contributed by atoms with Crippen LogP contribution in [-0.4, -0.2) is 26.0 Å². The lowest BCUT2D eigenvalue weighted by Crippen LogP contribution is -2.30. The van der Waals surface area contributed by atoms with Gasteiger partial charge in [-0.25, -0.2) is 0 Å². The summed E-state index contributed by atoms with van der Waals surface area (Å²) in [5.41, 5.74) is 1.15. The minimum atomic E-state index is -0.426. The molecule has 0 spiro atoms. The van der Waals surface area contributed by atoms with E-state index in [0.717, 1.165) is 4.88 Å². The van der Waals surface area contributed by atoms with Crippen LogP contribution in [0.1, 0.15) is 15.2 Å². The van der Waals surface area contributed by atoms with Crippen molar-refractivity contribution in [2.75, 3.05) is 19.5 Å². The number of nitrogens with one attached hydrogen (secondary N) is 2. The third kappa shape index (κ3) is 5.46. The van der Waals surface area contributed by atoms with Crippen LogP contribution in [0.5, 0.6) is 11.5 Å². The predicted molar refractivity (Wildman–Crippen MR) is 114 cm³/mol. The number of methoxy groups -OCH3 is 2. The highest BCUT2D eigenvalue weighted by Gasteiger charge is 2.15. The maximum Gasteiger partial charge on any atom is 0.272 e. The molecule has 0 saturated carbocycles. The Kier molecular flexibility index (Phi) is 6.65. The van der Waals surface area contributed by atoms with Gasteiger partial charge in [-0.1, -0.05) is 6.07 Å². The van der Waals surface area contributed by atoms with Crippen molar-refractivity contribution >= 4 is 34.9 Å². The largest absolute Gasteiger partial charge is 0.497 e. The van der Waals surface area contributed by atoms with Gasteiger partial charge in [-0.05, 0) is 66.1 Å². The molecule has 3 rings (SSSR count). The van der Waals surface area contributed by atoms with Gasteiger partial charge in [-0.15, -0.1) is 11.3 Å². The first-order chi connectivity index (χ1) is 14.1. The minimum absolute atomic E-state index is 0.143. The fourth-order valence-corrected chi connectivity index (χ4v) is 3.14. The summed E-state index contributed by atoms with van der Waals surface area (Å²) in [4.78, 5) is 26.3. The topological polar surface area (TPSA) is 76.7 Å². The van der Waals surface area contributed by atoms with Crippen LogP contribution in [0.4, 0.5) is 5.69 Å². The molecule has 6 nitrogen and oxygen atoms in total. The van der Waals surface area contributed by atoms with Crippen LogP contribution in [0.25, 0.3) is 6.08 Å². The summed E-state index contributed by atoms with van der Waals surface area (Å²) >= 11 is 1.47. The summed E-state index contributed by atoms with van der Waals surface area (Å²) in [5.74, 6) is 0.518. The highest BCUT2D eigenvalue weighted by molar-refractivity contribution is 7.10. The van der Waals surface area contributed by atoms with Crippen molar-refractivity contribution < 1.29 is 19.1 Å². The van der Waals surface area contributed by atoms with Crippen LogP contribution < -0.4 is 20.1 Å². The third-order valence-electron chi connectivity index (χ3n) is 4.02. The van der Waals surface area contributed by atoms with Gasteiger partial charge in [-0.3, -0.25) is 9.59 Å². The number of hydrogen-bond donors (Lipinski definition) is 2. The van der Waals surface area contributed by atoms with Crippen LogP contribution in [0.2, 0.25) is 0 Å². The second-order valence-corrected chi connectivity index (χ2v) is 6.92. The number of carbonyl (C=O) groups excluding carboxylic acids is 2. The molecule has 148 valence electrons. The number of benzene rings is 2. The number of ether oxygens (including phenoxy) is 2. The molecule has 2 amide bonds. The van der Waals surface area contributed by atoms with E-state index in [4.69, 9.17) is 9.47 Å². The van der Waals surface area contributed by atoms with E-state index in [1.165, 1.54) is 11.3 Å². The molecule has 0 bridgehead atoms. The summed E-state index contributed by atoms with van der Waals surface area (Å²) in [5, 5.41) is 7.39. The summed E-state index contributed by atoms with van der Waals surface area (Å²) in [6.45, 7) is 0. The van der Waals surface area contributed by atoms with Gasteiger partial charge in [0.1, 0.15) is 17.2 Å². The molecular formula is C22H20N2O4S. The van der Waals surface area contributed by atoms with Crippen molar-refractivity contribution in [2.45, 2.75) is 0 Å².